The molecule has 0 fully saturated rings. The van der Waals surface area contributed by atoms with Crippen LogP contribution in [0.5, 0.6) is 0 Å². The van der Waals surface area contributed by atoms with Gasteiger partial charge in [-0.15, -0.1) is 0 Å². The van der Waals surface area contributed by atoms with Crippen molar-refractivity contribution >= 4 is 42.8 Å². The van der Waals surface area contributed by atoms with Crippen molar-refractivity contribution in [2.75, 3.05) is 20.9 Å². The van der Waals surface area contributed by atoms with Gasteiger partial charge in [0, 0.05) is 11.4 Å². The zero-order valence-electron chi connectivity index (χ0n) is 18.2. The Balaban J connectivity index is 2.01. The van der Waals surface area contributed by atoms with Gasteiger partial charge in [0.15, 0.2) is 0 Å². The number of nitrogens with two attached hydrogens (primary N) is 2. The molecule has 0 spiro atoms. The van der Waals surface area contributed by atoms with Crippen molar-refractivity contribution < 1.29 is 16.8 Å². The summed E-state index contributed by atoms with van der Waals surface area (Å²) in [7, 11) is -7.90. The van der Waals surface area contributed by atoms with E-state index < -0.39 is 20.0 Å². The lowest BCUT2D eigenvalue weighted by molar-refractivity contribution is 0.599. The fraction of sp³-hybridized carbons (Fsp3) is 0.182. The van der Waals surface area contributed by atoms with Crippen LogP contribution in [0.4, 0.5) is 22.7 Å². The summed E-state index contributed by atoms with van der Waals surface area (Å²) in [6.45, 7) is 6.86. The van der Waals surface area contributed by atoms with Crippen LogP contribution in [0, 0.1) is 27.7 Å². The van der Waals surface area contributed by atoms with E-state index in [2.05, 4.69) is 9.44 Å². The average molecular weight is 475 g/mol. The number of rotatable bonds is 6. The Morgan fingerprint density at radius 2 is 1.09 bits per heavy atom. The van der Waals surface area contributed by atoms with Gasteiger partial charge in [0.1, 0.15) is 0 Å². The molecule has 0 atom stereocenters. The molecule has 0 aliphatic rings. The van der Waals surface area contributed by atoms with Crippen LogP contribution in [-0.2, 0) is 20.0 Å². The van der Waals surface area contributed by atoms with Crippen molar-refractivity contribution in [1.29, 1.82) is 0 Å². The van der Waals surface area contributed by atoms with Crippen molar-refractivity contribution in [3.8, 4) is 0 Å². The molecule has 8 nitrogen and oxygen atoms in total. The second-order valence-electron chi connectivity index (χ2n) is 7.73. The van der Waals surface area contributed by atoms with Gasteiger partial charge in [0.25, 0.3) is 20.0 Å². The molecular formula is C22H26N4O4S2. The Morgan fingerprint density at radius 1 is 0.625 bits per heavy atom. The summed E-state index contributed by atoms with van der Waals surface area (Å²) in [5, 5.41) is 0. The van der Waals surface area contributed by atoms with Crippen LogP contribution in [0.2, 0.25) is 0 Å². The number of sulfonamides is 2. The molecule has 3 aromatic rings. The van der Waals surface area contributed by atoms with Gasteiger partial charge in [-0.25, -0.2) is 16.8 Å². The maximum absolute atomic E-state index is 13.0. The lowest BCUT2D eigenvalue weighted by Crippen LogP contribution is -2.17. The quantitative estimate of drug-likeness (QED) is 0.401. The van der Waals surface area contributed by atoms with Crippen molar-refractivity contribution in [2.45, 2.75) is 37.5 Å². The van der Waals surface area contributed by atoms with E-state index >= 15 is 0 Å². The van der Waals surface area contributed by atoms with Gasteiger partial charge in [-0.3, -0.25) is 9.44 Å². The molecule has 3 rings (SSSR count). The van der Waals surface area contributed by atoms with Gasteiger partial charge in [-0.1, -0.05) is 12.1 Å². The average Bonchev–Trinajstić information content (AvgIpc) is 2.68. The van der Waals surface area contributed by atoms with Crippen LogP contribution in [0.25, 0.3) is 0 Å². The van der Waals surface area contributed by atoms with Gasteiger partial charge in [-0.2, -0.15) is 0 Å². The fourth-order valence-corrected chi connectivity index (χ4v) is 5.96. The first-order valence-electron chi connectivity index (χ1n) is 9.69. The Labute approximate surface area is 188 Å². The van der Waals surface area contributed by atoms with E-state index in [4.69, 9.17) is 11.5 Å². The first-order valence-corrected chi connectivity index (χ1v) is 12.7. The molecule has 0 amide bonds. The minimum Gasteiger partial charge on any atom is -0.399 e. The van der Waals surface area contributed by atoms with Crippen LogP contribution < -0.4 is 20.9 Å². The molecule has 0 heterocycles. The molecule has 170 valence electrons. The number of benzene rings is 3. The molecule has 6 N–H and O–H groups in total. The van der Waals surface area contributed by atoms with Crippen molar-refractivity contribution in [3.63, 3.8) is 0 Å². The van der Waals surface area contributed by atoms with Crippen LogP contribution >= 0.6 is 0 Å². The van der Waals surface area contributed by atoms with E-state index in [-0.39, 0.29) is 21.2 Å². The van der Waals surface area contributed by atoms with E-state index in [1.54, 1.807) is 58.0 Å². The number of anilines is 4. The smallest absolute Gasteiger partial charge is 0.262 e. The minimum atomic E-state index is -3.95. The summed E-state index contributed by atoms with van der Waals surface area (Å²) in [6.07, 6.45) is 0. The first-order chi connectivity index (χ1) is 14.8. The Morgan fingerprint density at radius 3 is 1.59 bits per heavy atom. The Kier molecular flexibility index (Phi) is 6.12. The maximum atomic E-state index is 13.0. The van der Waals surface area contributed by atoms with Gasteiger partial charge in [0.2, 0.25) is 0 Å². The molecule has 0 aliphatic heterocycles. The van der Waals surface area contributed by atoms with Gasteiger partial charge >= 0.3 is 0 Å². The summed E-state index contributed by atoms with van der Waals surface area (Å²) in [5.74, 6) is 0. The van der Waals surface area contributed by atoms with Crippen molar-refractivity contribution in [2.24, 2.45) is 0 Å². The Bertz CT molecular complexity index is 1420. The minimum absolute atomic E-state index is 0.0493. The maximum Gasteiger partial charge on any atom is 0.262 e. The monoisotopic (exact) mass is 474 g/mol. The number of nitrogens with one attached hydrogen (secondary N) is 2. The van der Waals surface area contributed by atoms with Crippen molar-refractivity contribution in [3.05, 3.63) is 70.8 Å². The lowest BCUT2D eigenvalue weighted by atomic mass is 10.1. The van der Waals surface area contributed by atoms with Gasteiger partial charge in [0.05, 0.1) is 21.2 Å². The highest BCUT2D eigenvalue weighted by Gasteiger charge is 2.21. The standard InChI is InChI=1S/C22H26N4O4S2/c1-13-5-7-17(23)10-21(13)31(27,28)25-19-9-15(3)16(4)20(12-19)26-32(29,30)22-11-18(24)8-6-14(22)2/h5-12,25-26H,23-24H2,1-4H3. The van der Waals surface area contributed by atoms with E-state index in [0.717, 1.165) is 0 Å². The summed E-state index contributed by atoms with van der Waals surface area (Å²) >= 11 is 0. The van der Waals surface area contributed by atoms with Crippen molar-refractivity contribution in [1.82, 2.24) is 0 Å². The summed E-state index contributed by atoms with van der Waals surface area (Å²) in [6, 6.07) is 12.3. The summed E-state index contributed by atoms with van der Waals surface area (Å²) in [4.78, 5) is 0.101. The van der Waals surface area contributed by atoms with E-state index in [0.29, 0.717) is 33.6 Å². The first kappa shape index (κ1) is 23.4. The normalized spacial score (nSPS) is 11.9. The highest BCUT2D eigenvalue weighted by molar-refractivity contribution is 7.93. The highest BCUT2D eigenvalue weighted by Crippen LogP contribution is 2.30. The second-order valence-corrected chi connectivity index (χ2v) is 11.0. The molecule has 0 saturated carbocycles. The number of nitrogen functional groups attached to an aromatic ring is 2. The molecule has 0 saturated heterocycles. The van der Waals surface area contributed by atoms with Crippen LogP contribution in [-0.4, -0.2) is 16.8 Å². The predicted molar refractivity (Wildman–Crippen MR) is 129 cm³/mol. The highest BCUT2D eigenvalue weighted by atomic mass is 32.2. The number of hydrogen-bond acceptors (Lipinski definition) is 6. The molecule has 0 radical (unpaired) electrons. The zero-order chi connectivity index (χ0) is 23.8. The Hall–Kier alpha value is -3.24. The van der Waals surface area contributed by atoms with Crippen LogP contribution in [0.15, 0.2) is 58.3 Å². The molecule has 0 aliphatic carbocycles. The molecular weight excluding hydrogens is 448 g/mol. The molecule has 32 heavy (non-hydrogen) atoms. The zero-order valence-corrected chi connectivity index (χ0v) is 19.9. The number of hydrogen-bond donors (Lipinski definition) is 4. The van der Waals surface area contributed by atoms with E-state index in [9.17, 15) is 16.8 Å². The third-order valence-electron chi connectivity index (χ3n) is 5.17. The third-order valence-corrected chi connectivity index (χ3v) is 8.20. The molecule has 0 unspecified atom stereocenters. The van der Waals surface area contributed by atoms with E-state index in [1.165, 1.54) is 18.2 Å². The second kappa shape index (κ2) is 8.36. The van der Waals surface area contributed by atoms with E-state index in [1.807, 2.05) is 0 Å². The fourth-order valence-electron chi connectivity index (χ4n) is 3.25. The molecule has 3 aromatic carbocycles. The molecule has 0 aromatic heterocycles. The lowest BCUT2D eigenvalue weighted by Gasteiger charge is -2.17. The van der Waals surface area contributed by atoms with Crippen LogP contribution in [0.3, 0.4) is 0 Å². The topological polar surface area (TPSA) is 144 Å². The predicted octanol–water partition coefficient (Wildman–Crippen LogP) is 3.69. The van der Waals surface area contributed by atoms with Gasteiger partial charge < -0.3 is 11.5 Å². The SMILES string of the molecule is Cc1ccc(N)cc1S(=O)(=O)Nc1cc(C)c(C)c(NS(=O)(=O)c2cc(N)ccc2C)c1. The van der Waals surface area contributed by atoms with Gasteiger partial charge in [-0.05, 0) is 86.3 Å². The molecule has 0 bridgehead atoms. The summed E-state index contributed by atoms with van der Waals surface area (Å²) < 4.78 is 57.0. The number of aryl methyl sites for hydroxylation is 3. The third kappa shape index (κ3) is 4.81. The summed E-state index contributed by atoms with van der Waals surface area (Å²) in [5.41, 5.74) is 15.1. The largest absolute Gasteiger partial charge is 0.399 e. The molecule has 10 heteroatoms. The van der Waals surface area contributed by atoms with Crippen LogP contribution in [0.1, 0.15) is 22.3 Å².